The summed E-state index contributed by atoms with van der Waals surface area (Å²) in [6.07, 6.45) is 0.281. The molecule has 2 atom stereocenters. The topological polar surface area (TPSA) is 62.1 Å². The van der Waals surface area contributed by atoms with Gasteiger partial charge in [-0.05, 0) is 20.9 Å². The lowest BCUT2D eigenvalue weighted by Gasteiger charge is -2.19. The number of rotatable bonds is 6. The Balaban J connectivity index is 3.32. The second kappa shape index (κ2) is 6.54. The fraction of sp³-hybridized carbons (Fsp3) is 1.00. The molecule has 0 fully saturated rings. The molecule has 0 saturated carbocycles. The summed E-state index contributed by atoms with van der Waals surface area (Å²) in [5.74, 6) is 0. The molecular formula is C7H20N4. The Morgan fingerprint density at radius 1 is 1.36 bits per heavy atom. The molecule has 0 heterocycles. The van der Waals surface area contributed by atoms with E-state index in [1.807, 2.05) is 7.05 Å². The average molecular weight is 160 g/mol. The molecule has 11 heavy (non-hydrogen) atoms. The van der Waals surface area contributed by atoms with E-state index in [0.717, 1.165) is 6.54 Å². The monoisotopic (exact) mass is 160 g/mol. The molecule has 0 radical (unpaired) electrons. The van der Waals surface area contributed by atoms with E-state index in [2.05, 4.69) is 29.8 Å². The molecule has 5 N–H and O–H groups in total. The third kappa shape index (κ3) is 6.25. The first kappa shape index (κ1) is 10.8. The van der Waals surface area contributed by atoms with Crippen LogP contribution in [-0.4, -0.2) is 32.5 Å². The minimum absolute atomic E-state index is 0.281. The molecule has 0 spiro atoms. The highest BCUT2D eigenvalue weighted by Crippen LogP contribution is 1.80. The SMILES string of the molecule is CNCC(C)NC(C)NCN. The second-order valence-electron chi connectivity index (χ2n) is 2.76. The Morgan fingerprint density at radius 3 is 2.45 bits per heavy atom. The van der Waals surface area contributed by atoms with E-state index >= 15 is 0 Å². The summed E-state index contributed by atoms with van der Waals surface area (Å²) < 4.78 is 0. The zero-order chi connectivity index (χ0) is 8.69. The van der Waals surface area contributed by atoms with Crippen molar-refractivity contribution in [2.24, 2.45) is 5.73 Å². The van der Waals surface area contributed by atoms with Crippen LogP contribution in [-0.2, 0) is 0 Å². The Hall–Kier alpha value is -0.160. The Bertz CT molecular complexity index is 76.5. The van der Waals surface area contributed by atoms with Crippen LogP contribution < -0.4 is 21.7 Å². The molecule has 0 aromatic rings. The van der Waals surface area contributed by atoms with E-state index in [9.17, 15) is 0 Å². The third-order valence-corrected chi connectivity index (χ3v) is 1.47. The number of nitrogens with one attached hydrogen (secondary N) is 3. The van der Waals surface area contributed by atoms with E-state index in [1.54, 1.807) is 0 Å². The summed E-state index contributed by atoms with van der Waals surface area (Å²) in [5, 5.41) is 9.50. The normalized spacial score (nSPS) is 16.4. The second-order valence-corrected chi connectivity index (χ2v) is 2.76. The van der Waals surface area contributed by atoms with Crippen molar-refractivity contribution in [3.05, 3.63) is 0 Å². The Labute approximate surface area is 68.9 Å². The van der Waals surface area contributed by atoms with Gasteiger partial charge in [-0.25, -0.2) is 0 Å². The van der Waals surface area contributed by atoms with Crippen LogP contribution in [0, 0.1) is 0 Å². The molecule has 0 saturated heterocycles. The van der Waals surface area contributed by atoms with Crippen molar-refractivity contribution in [3.63, 3.8) is 0 Å². The van der Waals surface area contributed by atoms with Gasteiger partial charge >= 0.3 is 0 Å². The fourth-order valence-corrected chi connectivity index (χ4v) is 1.03. The van der Waals surface area contributed by atoms with E-state index in [0.29, 0.717) is 12.7 Å². The summed E-state index contributed by atoms with van der Waals surface area (Å²) in [6, 6.07) is 0.467. The van der Waals surface area contributed by atoms with Crippen LogP contribution >= 0.6 is 0 Å². The molecule has 4 heteroatoms. The van der Waals surface area contributed by atoms with Gasteiger partial charge in [-0.3, -0.25) is 10.6 Å². The molecule has 68 valence electrons. The molecular weight excluding hydrogens is 140 g/mol. The largest absolute Gasteiger partial charge is 0.318 e. The highest BCUT2D eigenvalue weighted by atomic mass is 15.2. The van der Waals surface area contributed by atoms with Crippen LogP contribution in [0.2, 0.25) is 0 Å². The number of hydrogen-bond acceptors (Lipinski definition) is 4. The van der Waals surface area contributed by atoms with Crippen LogP contribution in [0.15, 0.2) is 0 Å². The molecule has 0 amide bonds. The maximum atomic E-state index is 5.31. The van der Waals surface area contributed by atoms with Crippen molar-refractivity contribution in [2.75, 3.05) is 20.3 Å². The fourth-order valence-electron chi connectivity index (χ4n) is 1.03. The lowest BCUT2D eigenvalue weighted by Crippen LogP contribution is -2.48. The van der Waals surface area contributed by atoms with Crippen LogP contribution in [0.1, 0.15) is 13.8 Å². The van der Waals surface area contributed by atoms with Gasteiger partial charge in [0.15, 0.2) is 0 Å². The molecule has 0 aliphatic carbocycles. The predicted octanol–water partition coefficient (Wildman–Crippen LogP) is -0.964. The molecule has 0 bridgehead atoms. The molecule has 0 aliphatic rings. The minimum Gasteiger partial charge on any atom is -0.318 e. The summed E-state index contributed by atoms with van der Waals surface area (Å²) in [7, 11) is 1.94. The van der Waals surface area contributed by atoms with Gasteiger partial charge in [0.25, 0.3) is 0 Å². The van der Waals surface area contributed by atoms with Crippen molar-refractivity contribution in [3.8, 4) is 0 Å². The first-order valence-corrected chi connectivity index (χ1v) is 4.04. The van der Waals surface area contributed by atoms with Crippen molar-refractivity contribution in [1.29, 1.82) is 0 Å². The number of nitrogens with two attached hydrogens (primary N) is 1. The average Bonchev–Trinajstić information content (AvgIpc) is 1.87. The summed E-state index contributed by atoms with van der Waals surface area (Å²) in [5.41, 5.74) is 5.31. The lowest BCUT2D eigenvalue weighted by atomic mass is 10.3. The highest BCUT2D eigenvalue weighted by Gasteiger charge is 2.03. The minimum atomic E-state index is 0.281. The van der Waals surface area contributed by atoms with Crippen molar-refractivity contribution >= 4 is 0 Å². The van der Waals surface area contributed by atoms with Gasteiger partial charge in [0, 0.05) is 19.3 Å². The van der Waals surface area contributed by atoms with E-state index in [-0.39, 0.29) is 6.17 Å². The first-order chi connectivity index (χ1) is 5.20. The summed E-state index contributed by atoms with van der Waals surface area (Å²) in [4.78, 5) is 0. The Morgan fingerprint density at radius 2 is 2.00 bits per heavy atom. The predicted molar refractivity (Wildman–Crippen MR) is 48.2 cm³/mol. The lowest BCUT2D eigenvalue weighted by molar-refractivity contribution is 0.401. The van der Waals surface area contributed by atoms with Gasteiger partial charge in [0.1, 0.15) is 0 Å². The first-order valence-electron chi connectivity index (χ1n) is 4.04. The van der Waals surface area contributed by atoms with E-state index in [1.165, 1.54) is 0 Å². The standard InChI is InChI=1S/C7H20N4/c1-6(4-9-3)11-7(2)10-5-8/h6-7,9-11H,4-5,8H2,1-3H3. The van der Waals surface area contributed by atoms with E-state index in [4.69, 9.17) is 5.73 Å². The summed E-state index contributed by atoms with van der Waals surface area (Å²) in [6.45, 7) is 5.67. The van der Waals surface area contributed by atoms with Gasteiger partial charge in [-0.15, -0.1) is 0 Å². The molecule has 0 aromatic carbocycles. The van der Waals surface area contributed by atoms with Crippen LogP contribution in [0.5, 0.6) is 0 Å². The summed E-state index contributed by atoms with van der Waals surface area (Å²) >= 11 is 0. The van der Waals surface area contributed by atoms with Gasteiger partial charge in [0.05, 0.1) is 6.17 Å². The van der Waals surface area contributed by atoms with Gasteiger partial charge in [-0.1, -0.05) is 0 Å². The maximum Gasteiger partial charge on any atom is 0.0554 e. The van der Waals surface area contributed by atoms with E-state index < -0.39 is 0 Å². The maximum absolute atomic E-state index is 5.31. The van der Waals surface area contributed by atoms with Crippen molar-refractivity contribution in [1.82, 2.24) is 16.0 Å². The van der Waals surface area contributed by atoms with Gasteiger partial charge in [0.2, 0.25) is 0 Å². The molecule has 0 aliphatic heterocycles. The van der Waals surface area contributed by atoms with Crippen LogP contribution in [0.3, 0.4) is 0 Å². The van der Waals surface area contributed by atoms with Crippen molar-refractivity contribution < 1.29 is 0 Å². The zero-order valence-electron chi connectivity index (χ0n) is 7.65. The van der Waals surface area contributed by atoms with Crippen LogP contribution in [0.25, 0.3) is 0 Å². The molecule has 0 rings (SSSR count). The number of likely N-dealkylation sites (N-methyl/N-ethyl adjacent to an activating group) is 1. The zero-order valence-corrected chi connectivity index (χ0v) is 7.65. The molecule has 2 unspecified atom stereocenters. The highest BCUT2D eigenvalue weighted by molar-refractivity contribution is 4.66. The van der Waals surface area contributed by atoms with Gasteiger partial charge < -0.3 is 11.1 Å². The van der Waals surface area contributed by atoms with Crippen molar-refractivity contribution in [2.45, 2.75) is 26.1 Å². The smallest absolute Gasteiger partial charge is 0.0554 e. The van der Waals surface area contributed by atoms with Gasteiger partial charge in [-0.2, -0.15) is 0 Å². The Kier molecular flexibility index (Phi) is 6.45. The van der Waals surface area contributed by atoms with Crippen LogP contribution in [0.4, 0.5) is 0 Å². The molecule has 4 nitrogen and oxygen atoms in total. The number of hydrogen-bond donors (Lipinski definition) is 4. The quantitative estimate of drug-likeness (QED) is 0.378. The molecule has 0 aromatic heterocycles. The third-order valence-electron chi connectivity index (χ3n) is 1.47.